The molecule has 2 amide bonds. The van der Waals surface area contributed by atoms with Crippen LogP contribution in [0.5, 0.6) is 11.5 Å². The summed E-state index contributed by atoms with van der Waals surface area (Å²) in [4.78, 5) is 27.8. The zero-order valence-electron chi connectivity index (χ0n) is 16.0. The summed E-state index contributed by atoms with van der Waals surface area (Å²) in [7, 11) is 0. The van der Waals surface area contributed by atoms with E-state index in [1.54, 1.807) is 30.5 Å². The Hall–Kier alpha value is -4.13. The molecule has 0 unspecified atom stereocenters. The monoisotopic (exact) mass is 401 g/mol. The third kappa shape index (κ3) is 5.02. The lowest BCUT2D eigenvalue weighted by Crippen LogP contribution is -2.25. The van der Waals surface area contributed by atoms with Gasteiger partial charge in [0.05, 0.1) is 11.4 Å². The Morgan fingerprint density at radius 2 is 2.03 bits per heavy atom. The Balaban J connectivity index is 1.31. The number of ether oxygens (including phenoxy) is 2. The summed E-state index contributed by atoms with van der Waals surface area (Å²) < 4.78 is 11.0. The number of nitrogens with one attached hydrogen (secondary N) is 2. The van der Waals surface area contributed by atoms with E-state index in [1.165, 1.54) is 6.08 Å². The predicted octanol–water partition coefficient (Wildman–Crippen LogP) is 3.64. The van der Waals surface area contributed by atoms with Crippen LogP contribution in [-0.2, 0) is 16.2 Å². The van der Waals surface area contributed by atoms with E-state index in [-0.39, 0.29) is 18.4 Å². The van der Waals surface area contributed by atoms with Crippen molar-refractivity contribution in [2.45, 2.75) is 6.61 Å². The van der Waals surface area contributed by atoms with Gasteiger partial charge in [0.15, 0.2) is 6.61 Å². The fourth-order valence-corrected chi connectivity index (χ4v) is 2.83. The molecule has 1 aromatic heterocycles. The molecule has 0 saturated carbocycles. The van der Waals surface area contributed by atoms with Gasteiger partial charge < -0.3 is 20.1 Å². The van der Waals surface area contributed by atoms with Crippen LogP contribution in [0, 0.1) is 0 Å². The summed E-state index contributed by atoms with van der Waals surface area (Å²) >= 11 is 0. The number of anilines is 2. The highest BCUT2D eigenvalue weighted by Crippen LogP contribution is 2.30. The highest BCUT2D eigenvalue weighted by Gasteiger charge is 2.16. The molecular weight excluding hydrogens is 382 g/mol. The van der Waals surface area contributed by atoms with Crippen LogP contribution in [0.15, 0.2) is 72.9 Å². The number of carbonyl (C=O) groups excluding carboxylic acids is 2. The van der Waals surface area contributed by atoms with Crippen molar-refractivity contribution in [3.63, 3.8) is 0 Å². The van der Waals surface area contributed by atoms with Crippen molar-refractivity contribution in [2.24, 2.45) is 0 Å². The maximum atomic E-state index is 12.2. The van der Waals surface area contributed by atoms with Gasteiger partial charge in [-0.05, 0) is 54.1 Å². The van der Waals surface area contributed by atoms with E-state index < -0.39 is 0 Å². The first-order chi connectivity index (χ1) is 14.7. The molecule has 150 valence electrons. The molecule has 3 aromatic rings. The van der Waals surface area contributed by atoms with Crippen molar-refractivity contribution in [3.05, 3.63) is 84.2 Å². The minimum atomic E-state index is -0.284. The second kappa shape index (κ2) is 8.91. The lowest BCUT2D eigenvalue weighted by atomic mass is 10.2. The Morgan fingerprint density at radius 3 is 2.83 bits per heavy atom. The van der Waals surface area contributed by atoms with E-state index in [4.69, 9.17) is 9.47 Å². The SMILES string of the molecule is O=C(/C=C/c1ccc(OCc2ccccn2)cc1)Nc1ccc2c(c1)NC(=O)CO2. The molecule has 4 rings (SSSR count). The molecule has 0 bridgehead atoms. The van der Waals surface area contributed by atoms with E-state index in [0.717, 1.165) is 17.0 Å². The fourth-order valence-electron chi connectivity index (χ4n) is 2.83. The molecule has 0 fully saturated rings. The number of benzene rings is 2. The number of nitrogens with zero attached hydrogens (tertiary/aromatic N) is 1. The molecule has 0 atom stereocenters. The standard InChI is InChI=1S/C23H19N3O4/c27-22(25-17-7-10-21-20(13-17)26-23(28)15-30-21)11-6-16-4-8-19(9-5-16)29-14-18-3-1-2-12-24-18/h1-13H,14-15H2,(H,25,27)(H,26,28)/b11-6+. The first kappa shape index (κ1) is 19.2. The largest absolute Gasteiger partial charge is 0.487 e. The summed E-state index contributed by atoms with van der Waals surface area (Å²) in [6.07, 6.45) is 4.88. The molecule has 7 nitrogen and oxygen atoms in total. The number of amides is 2. The molecule has 0 aliphatic carbocycles. The van der Waals surface area contributed by atoms with Crippen molar-refractivity contribution < 1.29 is 19.1 Å². The van der Waals surface area contributed by atoms with Gasteiger partial charge in [0, 0.05) is 18.0 Å². The second-order valence-electron chi connectivity index (χ2n) is 6.55. The van der Waals surface area contributed by atoms with Crippen LogP contribution in [-0.4, -0.2) is 23.4 Å². The Morgan fingerprint density at radius 1 is 1.17 bits per heavy atom. The summed E-state index contributed by atoms with van der Waals surface area (Å²) in [5.41, 5.74) is 2.81. The minimum absolute atomic E-state index is 0.00554. The molecule has 0 radical (unpaired) electrons. The van der Waals surface area contributed by atoms with Gasteiger partial charge in [-0.3, -0.25) is 14.6 Å². The number of pyridine rings is 1. The topological polar surface area (TPSA) is 89.5 Å². The van der Waals surface area contributed by atoms with Crippen LogP contribution >= 0.6 is 0 Å². The van der Waals surface area contributed by atoms with Crippen molar-refractivity contribution >= 4 is 29.3 Å². The number of fused-ring (bicyclic) bond motifs is 1. The zero-order chi connectivity index (χ0) is 20.8. The van der Waals surface area contributed by atoms with Gasteiger partial charge in [-0.1, -0.05) is 18.2 Å². The van der Waals surface area contributed by atoms with Crippen molar-refractivity contribution in [1.29, 1.82) is 0 Å². The molecule has 1 aliphatic rings. The van der Waals surface area contributed by atoms with Gasteiger partial charge in [0.25, 0.3) is 5.91 Å². The number of rotatable bonds is 6. The minimum Gasteiger partial charge on any atom is -0.487 e. The van der Waals surface area contributed by atoms with Crippen LogP contribution in [0.2, 0.25) is 0 Å². The van der Waals surface area contributed by atoms with Gasteiger partial charge in [-0.2, -0.15) is 0 Å². The number of hydrogen-bond donors (Lipinski definition) is 2. The smallest absolute Gasteiger partial charge is 0.262 e. The van der Waals surface area contributed by atoms with E-state index >= 15 is 0 Å². The summed E-state index contributed by atoms with van der Waals surface area (Å²) in [6.45, 7) is 0.388. The van der Waals surface area contributed by atoms with E-state index in [0.29, 0.717) is 23.7 Å². The maximum absolute atomic E-state index is 12.2. The Kier molecular flexibility index (Phi) is 5.70. The quantitative estimate of drug-likeness (QED) is 0.616. The van der Waals surface area contributed by atoms with Gasteiger partial charge in [-0.15, -0.1) is 0 Å². The lowest BCUT2D eigenvalue weighted by Gasteiger charge is -2.18. The van der Waals surface area contributed by atoms with Crippen LogP contribution in [0.4, 0.5) is 11.4 Å². The first-order valence-corrected chi connectivity index (χ1v) is 9.34. The molecule has 0 saturated heterocycles. The first-order valence-electron chi connectivity index (χ1n) is 9.34. The summed E-state index contributed by atoms with van der Waals surface area (Å²) in [5, 5.41) is 5.47. The molecule has 7 heteroatoms. The van der Waals surface area contributed by atoms with Crippen LogP contribution < -0.4 is 20.1 Å². The van der Waals surface area contributed by atoms with Crippen molar-refractivity contribution in [1.82, 2.24) is 4.98 Å². The highest BCUT2D eigenvalue weighted by atomic mass is 16.5. The normalized spacial score (nSPS) is 12.6. The third-order valence-electron chi connectivity index (χ3n) is 4.30. The zero-order valence-corrected chi connectivity index (χ0v) is 16.0. The summed E-state index contributed by atoms with van der Waals surface area (Å²) in [6, 6.07) is 18.2. The predicted molar refractivity (Wildman–Crippen MR) is 113 cm³/mol. The van der Waals surface area contributed by atoms with Crippen LogP contribution in [0.1, 0.15) is 11.3 Å². The van der Waals surface area contributed by atoms with E-state index in [1.807, 2.05) is 42.5 Å². The molecule has 1 aliphatic heterocycles. The number of carbonyl (C=O) groups is 2. The molecule has 0 spiro atoms. The molecule has 2 aromatic carbocycles. The van der Waals surface area contributed by atoms with Gasteiger partial charge in [0.1, 0.15) is 18.1 Å². The van der Waals surface area contributed by atoms with E-state index in [9.17, 15) is 9.59 Å². The number of aromatic nitrogens is 1. The molecular formula is C23H19N3O4. The molecule has 2 heterocycles. The lowest BCUT2D eigenvalue weighted by molar-refractivity contribution is -0.118. The van der Waals surface area contributed by atoms with Crippen molar-refractivity contribution in [3.8, 4) is 11.5 Å². The Bertz CT molecular complexity index is 1080. The third-order valence-corrected chi connectivity index (χ3v) is 4.30. The molecule has 30 heavy (non-hydrogen) atoms. The van der Waals surface area contributed by atoms with Crippen LogP contribution in [0.25, 0.3) is 6.08 Å². The number of hydrogen-bond acceptors (Lipinski definition) is 5. The Labute approximate surface area is 173 Å². The van der Waals surface area contributed by atoms with Gasteiger partial charge in [0.2, 0.25) is 5.91 Å². The van der Waals surface area contributed by atoms with Crippen molar-refractivity contribution in [2.75, 3.05) is 17.2 Å². The van der Waals surface area contributed by atoms with E-state index in [2.05, 4.69) is 15.6 Å². The summed E-state index contributed by atoms with van der Waals surface area (Å²) in [5.74, 6) is 0.792. The van der Waals surface area contributed by atoms with Gasteiger partial charge in [-0.25, -0.2) is 0 Å². The second-order valence-corrected chi connectivity index (χ2v) is 6.55. The fraction of sp³-hybridized carbons (Fsp3) is 0.0870. The average molecular weight is 401 g/mol. The average Bonchev–Trinajstić information content (AvgIpc) is 2.77. The van der Waals surface area contributed by atoms with Gasteiger partial charge >= 0.3 is 0 Å². The van der Waals surface area contributed by atoms with Crippen LogP contribution in [0.3, 0.4) is 0 Å². The maximum Gasteiger partial charge on any atom is 0.262 e. The highest BCUT2D eigenvalue weighted by molar-refractivity contribution is 6.03. The molecule has 2 N–H and O–H groups in total.